The second kappa shape index (κ2) is 6.72. The minimum atomic E-state index is 0.493. The Hall–Kier alpha value is -1.12. The third kappa shape index (κ3) is 3.97. The molecule has 0 radical (unpaired) electrons. The number of benzene rings is 1. The summed E-state index contributed by atoms with van der Waals surface area (Å²) in [6.45, 7) is 9.44. The van der Waals surface area contributed by atoms with Gasteiger partial charge in [0.2, 0.25) is 0 Å². The quantitative estimate of drug-likeness (QED) is 0.756. The molecular formula is C16H23NO. The molecule has 0 aliphatic carbocycles. The molecule has 18 heavy (non-hydrogen) atoms. The second-order valence-electron chi connectivity index (χ2n) is 5.10. The summed E-state index contributed by atoms with van der Waals surface area (Å²) < 4.78 is 5.37. The van der Waals surface area contributed by atoms with Crippen LogP contribution in [0.2, 0.25) is 0 Å². The summed E-state index contributed by atoms with van der Waals surface area (Å²) in [4.78, 5) is 2.47. The first-order valence-electron chi connectivity index (χ1n) is 6.78. The van der Waals surface area contributed by atoms with Crippen molar-refractivity contribution in [1.82, 2.24) is 4.90 Å². The molecule has 0 N–H and O–H groups in total. The van der Waals surface area contributed by atoms with Gasteiger partial charge in [0.25, 0.3) is 0 Å². The van der Waals surface area contributed by atoms with Gasteiger partial charge in [0.15, 0.2) is 0 Å². The predicted octanol–water partition coefficient (Wildman–Crippen LogP) is 3.07. The molecule has 1 heterocycles. The van der Waals surface area contributed by atoms with E-state index in [1.54, 1.807) is 0 Å². The lowest BCUT2D eigenvalue weighted by molar-refractivity contribution is 0.0422. The number of allylic oxidation sites excluding steroid dienone is 1. The molecule has 0 spiro atoms. The van der Waals surface area contributed by atoms with E-state index in [0.29, 0.717) is 5.92 Å². The fourth-order valence-corrected chi connectivity index (χ4v) is 2.44. The van der Waals surface area contributed by atoms with Gasteiger partial charge in [-0.3, -0.25) is 4.90 Å². The highest BCUT2D eigenvalue weighted by Crippen LogP contribution is 2.18. The number of hydrogen-bond acceptors (Lipinski definition) is 2. The van der Waals surface area contributed by atoms with Crippen LogP contribution in [0.1, 0.15) is 25.3 Å². The average molecular weight is 245 g/mol. The minimum absolute atomic E-state index is 0.493. The Morgan fingerprint density at radius 1 is 1.28 bits per heavy atom. The maximum atomic E-state index is 5.37. The Balaban J connectivity index is 1.91. The Morgan fingerprint density at radius 3 is 2.61 bits per heavy atom. The van der Waals surface area contributed by atoms with Crippen molar-refractivity contribution in [3.63, 3.8) is 0 Å². The largest absolute Gasteiger partial charge is 0.379 e. The first-order chi connectivity index (χ1) is 8.75. The molecule has 1 saturated heterocycles. The van der Waals surface area contributed by atoms with Crippen molar-refractivity contribution in [2.75, 3.05) is 32.8 Å². The standard InChI is InChI=1S/C16H23NO/c1-14(13-17-8-10-18-11-9-17)12-15(2)16-6-4-3-5-7-16/h3-7,12,15H,8-11,13H2,1-2H3/b14-12+. The lowest BCUT2D eigenvalue weighted by atomic mass is 9.99. The van der Waals surface area contributed by atoms with Gasteiger partial charge in [0, 0.05) is 19.6 Å². The number of ether oxygens (including phenoxy) is 1. The summed E-state index contributed by atoms with van der Waals surface area (Å²) in [7, 11) is 0. The van der Waals surface area contributed by atoms with Crippen LogP contribution in [0, 0.1) is 0 Å². The van der Waals surface area contributed by atoms with Gasteiger partial charge in [-0.25, -0.2) is 0 Å². The van der Waals surface area contributed by atoms with Crippen molar-refractivity contribution >= 4 is 0 Å². The maximum Gasteiger partial charge on any atom is 0.0594 e. The zero-order chi connectivity index (χ0) is 12.8. The van der Waals surface area contributed by atoms with E-state index in [4.69, 9.17) is 4.74 Å². The van der Waals surface area contributed by atoms with Crippen molar-refractivity contribution in [2.24, 2.45) is 0 Å². The molecule has 1 unspecified atom stereocenters. The van der Waals surface area contributed by atoms with Gasteiger partial charge in [0.1, 0.15) is 0 Å². The van der Waals surface area contributed by atoms with E-state index in [9.17, 15) is 0 Å². The number of hydrogen-bond donors (Lipinski definition) is 0. The summed E-state index contributed by atoms with van der Waals surface area (Å²) in [6.07, 6.45) is 2.38. The molecule has 0 bridgehead atoms. The molecule has 0 aromatic heterocycles. The highest BCUT2D eigenvalue weighted by molar-refractivity contribution is 5.24. The van der Waals surface area contributed by atoms with Gasteiger partial charge in [0.05, 0.1) is 13.2 Å². The highest BCUT2D eigenvalue weighted by Gasteiger charge is 2.10. The molecule has 2 heteroatoms. The van der Waals surface area contributed by atoms with Gasteiger partial charge in [-0.05, 0) is 18.4 Å². The van der Waals surface area contributed by atoms with Crippen LogP contribution in [0.5, 0.6) is 0 Å². The second-order valence-corrected chi connectivity index (χ2v) is 5.10. The van der Waals surface area contributed by atoms with Crippen molar-refractivity contribution in [3.8, 4) is 0 Å². The first kappa shape index (κ1) is 13.3. The van der Waals surface area contributed by atoms with Gasteiger partial charge in [-0.15, -0.1) is 0 Å². The average Bonchev–Trinajstić information content (AvgIpc) is 2.40. The SMILES string of the molecule is C/C(=C\C(C)c1ccccc1)CN1CCOCC1. The molecule has 1 atom stereocenters. The molecule has 1 fully saturated rings. The molecule has 1 aromatic rings. The zero-order valence-electron chi connectivity index (χ0n) is 11.4. The van der Waals surface area contributed by atoms with Crippen LogP contribution in [0.15, 0.2) is 42.0 Å². The van der Waals surface area contributed by atoms with Crippen LogP contribution < -0.4 is 0 Å². The van der Waals surface area contributed by atoms with Crippen LogP contribution in [-0.4, -0.2) is 37.7 Å². The third-order valence-corrected chi connectivity index (χ3v) is 3.44. The fraction of sp³-hybridized carbons (Fsp3) is 0.500. The Labute approximate surface area is 110 Å². The van der Waals surface area contributed by atoms with Crippen molar-refractivity contribution in [1.29, 1.82) is 0 Å². The lowest BCUT2D eigenvalue weighted by Gasteiger charge is -2.27. The van der Waals surface area contributed by atoms with Gasteiger partial charge in [-0.2, -0.15) is 0 Å². The van der Waals surface area contributed by atoms with Crippen LogP contribution in [0.4, 0.5) is 0 Å². The van der Waals surface area contributed by atoms with E-state index in [1.165, 1.54) is 11.1 Å². The summed E-state index contributed by atoms with van der Waals surface area (Å²) in [5, 5.41) is 0. The van der Waals surface area contributed by atoms with Crippen LogP contribution >= 0.6 is 0 Å². The molecule has 1 aliphatic heterocycles. The van der Waals surface area contributed by atoms with Crippen molar-refractivity contribution in [2.45, 2.75) is 19.8 Å². The summed E-state index contributed by atoms with van der Waals surface area (Å²) in [6, 6.07) is 10.7. The van der Waals surface area contributed by atoms with E-state index in [2.05, 4.69) is 55.2 Å². The maximum absolute atomic E-state index is 5.37. The predicted molar refractivity (Wildman–Crippen MR) is 75.9 cm³/mol. The van der Waals surface area contributed by atoms with Crippen LogP contribution in [0.25, 0.3) is 0 Å². The highest BCUT2D eigenvalue weighted by atomic mass is 16.5. The number of morpholine rings is 1. The van der Waals surface area contributed by atoms with E-state index < -0.39 is 0 Å². The van der Waals surface area contributed by atoms with E-state index in [0.717, 1.165) is 32.8 Å². The van der Waals surface area contributed by atoms with Crippen LogP contribution in [-0.2, 0) is 4.74 Å². The molecule has 2 rings (SSSR count). The lowest BCUT2D eigenvalue weighted by Crippen LogP contribution is -2.37. The Kier molecular flexibility index (Phi) is 4.97. The van der Waals surface area contributed by atoms with Gasteiger partial charge in [-0.1, -0.05) is 48.9 Å². The molecule has 98 valence electrons. The van der Waals surface area contributed by atoms with Crippen molar-refractivity contribution in [3.05, 3.63) is 47.5 Å². The number of rotatable bonds is 4. The summed E-state index contributed by atoms with van der Waals surface area (Å²) >= 11 is 0. The third-order valence-electron chi connectivity index (χ3n) is 3.44. The van der Waals surface area contributed by atoms with E-state index in [1.807, 2.05) is 0 Å². The number of nitrogens with zero attached hydrogens (tertiary/aromatic N) is 1. The molecule has 1 aromatic carbocycles. The Bertz CT molecular complexity index is 379. The van der Waals surface area contributed by atoms with Gasteiger partial charge < -0.3 is 4.74 Å². The first-order valence-corrected chi connectivity index (χ1v) is 6.78. The smallest absolute Gasteiger partial charge is 0.0594 e. The van der Waals surface area contributed by atoms with E-state index in [-0.39, 0.29) is 0 Å². The molecule has 2 nitrogen and oxygen atoms in total. The van der Waals surface area contributed by atoms with Crippen LogP contribution in [0.3, 0.4) is 0 Å². The minimum Gasteiger partial charge on any atom is -0.379 e. The summed E-state index contributed by atoms with van der Waals surface area (Å²) in [5.41, 5.74) is 2.84. The molecular weight excluding hydrogens is 222 g/mol. The normalized spacial score (nSPS) is 19.8. The molecule has 0 amide bonds. The molecule has 0 saturated carbocycles. The topological polar surface area (TPSA) is 12.5 Å². The zero-order valence-corrected chi connectivity index (χ0v) is 11.4. The summed E-state index contributed by atoms with van der Waals surface area (Å²) in [5.74, 6) is 0.493. The van der Waals surface area contributed by atoms with Gasteiger partial charge >= 0.3 is 0 Å². The Morgan fingerprint density at radius 2 is 1.94 bits per heavy atom. The van der Waals surface area contributed by atoms with E-state index >= 15 is 0 Å². The monoisotopic (exact) mass is 245 g/mol. The fourth-order valence-electron chi connectivity index (χ4n) is 2.44. The van der Waals surface area contributed by atoms with Crippen molar-refractivity contribution < 1.29 is 4.74 Å². The molecule has 1 aliphatic rings.